The summed E-state index contributed by atoms with van der Waals surface area (Å²) < 4.78 is 12.8. The summed E-state index contributed by atoms with van der Waals surface area (Å²) in [5.74, 6) is -0.388. The minimum absolute atomic E-state index is 0.00204. The molecule has 3 aliphatic rings. The number of allylic oxidation sites excluding steroid dienone is 4. The lowest BCUT2D eigenvalue weighted by Crippen LogP contribution is -2.45. The third-order valence-electron chi connectivity index (χ3n) is 8.45. The van der Waals surface area contributed by atoms with E-state index in [1.807, 2.05) is 41.3 Å². The van der Waals surface area contributed by atoms with Crippen molar-refractivity contribution in [2.75, 3.05) is 13.7 Å². The number of methoxy groups -OCH3 is 1. The van der Waals surface area contributed by atoms with Gasteiger partial charge < -0.3 is 19.5 Å². The number of hydrogen-bond acceptors (Lipinski definition) is 6. The Morgan fingerprint density at radius 2 is 1.53 bits per heavy atom. The number of benzene rings is 2. The first-order chi connectivity index (χ1) is 20.2. The molecule has 7 nitrogen and oxygen atoms in total. The lowest BCUT2D eigenvalue weighted by Gasteiger charge is -2.49. The summed E-state index contributed by atoms with van der Waals surface area (Å²) in [7, 11) is 1.58. The molecule has 228 valence electrons. The second-order valence-corrected chi connectivity index (χ2v) is 14.9. The molecule has 1 N–H and O–H groups in total. The van der Waals surface area contributed by atoms with Gasteiger partial charge in [0.1, 0.15) is 6.61 Å². The molecule has 0 aromatic heterocycles. The third kappa shape index (κ3) is 6.50. The zero-order valence-electron chi connectivity index (χ0n) is 25.2. The van der Waals surface area contributed by atoms with Crippen molar-refractivity contribution in [3.63, 3.8) is 0 Å². The molecule has 2 aromatic rings. The highest BCUT2D eigenvalue weighted by Crippen LogP contribution is 2.55. The van der Waals surface area contributed by atoms with Crippen LogP contribution in [0.3, 0.4) is 0 Å². The first-order valence-corrected chi connectivity index (χ1v) is 15.9. The maximum Gasteiger partial charge on any atom is 0.305 e. The smallest absolute Gasteiger partial charge is 0.305 e. The van der Waals surface area contributed by atoms with E-state index < -0.39 is 11.9 Å². The fraction of sp³-hybridized carbons (Fsp3) is 0.441. The van der Waals surface area contributed by atoms with Gasteiger partial charge in [-0.3, -0.25) is 14.4 Å². The van der Waals surface area contributed by atoms with Crippen molar-refractivity contribution < 1.29 is 29.0 Å². The van der Waals surface area contributed by atoms with Crippen LogP contribution in [0.25, 0.3) is 0 Å². The van der Waals surface area contributed by atoms with Gasteiger partial charge in [0.25, 0.3) is 0 Å². The number of ether oxygens (including phenoxy) is 2. The van der Waals surface area contributed by atoms with Crippen molar-refractivity contribution in [1.82, 2.24) is 4.90 Å². The molecule has 5 rings (SSSR count). The van der Waals surface area contributed by atoms with Crippen molar-refractivity contribution >= 4 is 51.7 Å². The fourth-order valence-electron chi connectivity index (χ4n) is 6.64. The Morgan fingerprint density at radius 3 is 2.05 bits per heavy atom. The van der Waals surface area contributed by atoms with Gasteiger partial charge in [-0.15, -0.1) is 0 Å². The number of carbonyl (C=O) groups is 3. The van der Waals surface area contributed by atoms with Crippen LogP contribution in [-0.2, 0) is 21.0 Å². The van der Waals surface area contributed by atoms with Gasteiger partial charge in [0, 0.05) is 52.9 Å². The Balaban J connectivity index is 1.65. The van der Waals surface area contributed by atoms with Gasteiger partial charge in [0.15, 0.2) is 23.1 Å². The molecule has 9 heteroatoms. The van der Waals surface area contributed by atoms with Crippen LogP contribution in [0.15, 0.2) is 58.9 Å². The number of rotatable bonds is 8. The van der Waals surface area contributed by atoms with E-state index in [1.54, 1.807) is 7.11 Å². The number of Topliss-reactive ketones (excluding diaryl/α,β-unsaturated/α-hetero) is 2. The Kier molecular flexibility index (Phi) is 8.75. The van der Waals surface area contributed by atoms with Gasteiger partial charge in [-0.1, -0.05) is 51.4 Å². The standard InChI is InChI=1S/C34H37ClINO6/c1-33(2)14-23-30(25(38)16-33)29(31-24(37(23)11-10-28(40)41)15-34(3,4)17-26(31)39)20-12-22(36)32(27(13-20)42-5)43-18-19-6-8-21(35)9-7-19/h6-9,12-13,29H,10-11,14-18H2,1-5H3,(H,40,41). The van der Waals surface area contributed by atoms with E-state index in [1.165, 1.54) is 0 Å². The third-order valence-corrected chi connectivity index (χ3v) is 9.51. The number of hydrogen-bond donors (Lipinski definition) is 1. The summed E-state index contributed by atoms with van der Waals surface area (Å²) in [4.78, 5) is 41.7. The molecule has 0 spiro atoms. The van der Waals surface area contributed by atoms with Gasteiger partial charge in [-0.2, -0.15) is 0 Å². The Labute approximate surface area is 271 Å². The lowest BCUT2D eigenvalue weighted by molar-refractivity contribution is -0.137. The van der Waals surface area contributed by atoms with Crippen molar-refractivity contribution in [3.8, 4) is 11.5 Å². The zero-order valence-corrected chi connectivity index (χ0v) is 28.1. The highest BCUT2D eigenvalue weighted by molar-refractivity contribution is 14.1. The van der Waals surface area contributed by atoms with Crippen molar-refractivity contribution in [2.45, 2.75) is 72.3 Å². The first kappa shape index (κ1) is 31.6. The van der Waals surface area contributed by atoms with Gasteiger partial charge in [0.05, 0.1) is 17.1 Å². The number of ketones is 2. The van der Waals surface area contributed by atoms with Crippen LogP contribution in [0, 0.1) is 14.4 Å². The Hall–Kier alpha value is -2.85. The van der Waals surface area contributed by atoms with Gasteiger partial charge in [0.2, 0.25) is 0 Å². The van der Waals surface area contributed by atoms with Gasteiger partial charge in [-0.25, -0.2) is 0 Å². The number of nitrogens with zero attached hydrogens (tertiary/aromatic N) is 1. The predicted octanol–water partition coefficient (Wildman–Crippen LogP) is 7.69. The van der Waals surface area contributed by atoms with Crippen molar-refractivity contribution in [3.05, 3.63) is 78.7 Å². The number of carboxylic acids is 1. The largest absolute Gasteiger partial charge is 0.493 e. The van der Waals surface area contributed by atoms with Crippen LogP contribution in [0.5, 0.6) is 11.5 Å². The fourth-order valence-corrected chi connectivity index (χ4v) is 7.55. The molecular formula is C34H37ClINO6. The predicted molar refractivity (Wildman–Crippen MR) is 173 cm³/mol. The molecule has 0 fully saturated rings. The molecule has 0 amide bonds. The van der Waals surface area contributed by atoms with E-state index in [0.717, 1.165) is 26.1 Å². The molecule has 1 heterocycles. The topological polar surface area (TPSA) is 93.1 Å². The second-order valence-electron chi connectivity index (χ2n) is 13.3. The maximum atomic E-state index is 14.0. The van der Waals surface area contributed by atoms with Crippen LogP contribution < -0.4 is 9.47 Å². The van der Waals surface area contributed by atoms with Gasteiger partial charge in [-0.05, 0) is 81.7 Å². The highest BCUT2D eigenvalue weighted by atomic mass is 127. The summed E-state index contributed by atoms with van der Waals surface area (Å²) in [6, 6.07) is 11.3. The van der Waals surface area contributed by atoms with Crippen molar-refractivity contribution in [2.24, 2.45) is 10.8 Å². The van der Waals surface area contributed by atoms with Crippen LogP contribution >= 0.6 is 34.2 Å². The second kappa shape index (κ2) is 11.9. The van der Waals surface area contributed by atoms with Crippen LogP contribution in [0.4, 0.5) is 0 Å². The maximum absolute atomic E-state index is 14.0. The molecule has 0 saturated heterocycles. The summed E-state index contributed by atoms with van der Waals surface area (Å²) in [5.41, 5.74) is 4.05. The minimum Gasteiger partial charge on any atom is -0.493 e. The van der Waals surface area contributed by atoms with Gasteiger partial charge >= 0.3 is 5.97 Å². The minimum atomic E-state index is -0.914. The molecular weight excluding hydrogens is 681 g/mol. The molecule has 2 aromatic carbocycles. The number of aliphatic carboxylic acids is 1. The SMILES string of the molecule is COc1cc(C2C3=C(CC(C)(C)CC3=O)N(CCC(=O)O)C3=C2C(=O)CC(C)(C)C3)cc(I)c1OCc1ccc(Cl)cc1. The monoisotopic (exact) mass is 717 g/mol. The normalized spacial score (nSPS) is 19.7. The molecule has 0 saturated carbocycles. The summed E-state index contributed by atoms with van der Waals surface area (Å²) >= 11 is 8.25. The molecule has 0 radical (unpaired) electrons. The van der Waals surface area contributed by atoms with Crippen molar-refractivity contribution in [1.29, 1.82) is 0 Å². The summed E-state index contributed by atoms with van der Waals surface area (Å²) in [6.07, 6.45) is 1.85. The van der Waals surface area contributed by atoms with E-state index in [-0.39, 0.29) is 35.4 Å². The van der Waals surface area contributed by atoms with E-state index >= 15 is 0 Å². The number of halogens is 2. The highest BCUT2D eigenvalue weighted by Gasteiger charge is 2.49. The molecule has 0 unspecified atom stereocenters. The molecule has 43 heavy (non-hydrogen) atoms. The zero-order chi connectivity index (χ0) is 31.3. The molecule has 2 aliphatic carbocycles. The molecule has 0 bridgehead atoms. The van der Waals surface area contributed by atoms with E-state index in [2.05, 4.69) is 50.3 Å². The average Bonchev–Trinajstić information content (AvgIpc) is 2.90. The van der Waals surface area contributed by atoms with Crippen LogP contribution in [0.2, 0.25) is 5.02 Å². The van der Waals surface area contributed by atoms with E-state index in [0.29, 0.717) is 60.0 Å². The number of carbonyl (C=O) groups excluding carboxylic acids is 2. The van der Waals surface area contributed by atoms with E-state index in [4.69, 9.17) is 21.1 Å². The van der Waals surface area contributed by atoms with Crippen LogP contribution in [0.1, 0.15) is 76.8 Å². The number of carboxylic acid groups (broad SMARTS) is 1. The quantitative estimate of drug-likeness (QED) is 0.280. The van der Waals surface area contributed by atoms with E-state index in [9.17, 15) is 19.5 Å². The average molecular weight is 718 g/mol. The Bertz CT molecular complexity index is 1500. The summed E-state index contributed by atoms with van der Waals surface area (Å²) in [6.45, 7) is 8.80. The first-order valence-electron chi connectivity index (χ1n) is 14.5. The summed E-state index contributed by atoms with van der Waals surface area (Å²) in [5, 5.41) is 10.2. The Morgan fingerprint density at radius 1 is 0.977 bits per heavy atom. The lowest BCUT2D eigenvalue weighted by atomic mass is 9.63. The molecule has 1 aliphatic heterocycles. The molecule has 0 atom stereocenters. The van der Waals surface area contributed by atoms with Crippen LogP contribution in [-0.4, -0.2) is 41.2 Å².